The van der Waals surface area contributed by atoms with Gasteiger partial charge in [-0.15, -0.1) is 0 Å². The van der Waals surface area contributed by atoms with Crippen molar-refractivity contribution in [3.63, 3.8) is 0 Å². The molecule has 42 heavy (non-hydrogen) atoms. The van der Waals surface area contributed by atoms with Gasteiger partial charge in [-0.25, -0.2) is 8.42 Å². The van der Waals surface area contributed by atoms with Crippen LogP contribution in [0.2, 0.25) is 5.02 Å². The Morgan fingerprint density at radius 2 is 1.60 bits per heavy atom. The van der Waals surface area contributed by atoms with E-state index in [9.17, 15) is 18.0 Å². The number of aryl methyl sites for hydroxylation is 1. The van der Waals surface area contributed by atoms with Gasteiger partial charge in [0.25, 0.3) is 10.0 Å². The number of methoxy groups -OCH3 is 2. The van der Waals surface area contributed by atoms with Gasteiger partial charge in [0.15, 0.2) is 11.5 Å². The summed E-state index contributed by atoms with van der Waals surface area (Å²) < 4.78 is 39.8. The largest absolute Gasteiger partial charge is 0.493 e. The molecule has 2 amide bonds. The molecule has 226 valence electrons. The van der Waals surface area contributed by atoms with E-state index in [1.165, 1.54) is 37.3 Å². The number of halogens is 1. The second-order valence-corrected chi connectivity index (χ2v) is 12.2. The lowest BCUT2D eigenvalue weighted by Crippen LogP contribution is -2.52. The molecule has 0 bridgehead atoms. The zero-order chi connectivity index (χ0) is 31.0. The molecule has 0 aliphatic rings. The number of rotatable bonds is 13. The molecular weight excluding hydrogens is 578 g/mol. The van der Waals surface area contributed by atoms with Crippen molar-refractivity contribution in [3.8, 4) is 11.5 Å². The maximum absolute atomic E-state index is 14.1. The van der Waals surface area contributed by atoms with Crippen LogP contribution < -0.4 is 19.1 Å². The summed E-state index contributed by atoms with van der Waals surface area (Å²) in [6.45, 7) is 6.76. The number of anilines is 1. The minimum Gasteiger partial charge on any atom is -0.493 e. The first-order chi connectivity index (χ1) is 19.9. The first-order valence-electron chi connectivity index (χ1n) is 13.6. The molecule has 0 aliphatic heterocycles. The first kappa shape index (κ1) is 32.8. The lowest BCUT2D eigenvalue weighted by Gasteiger charge is -2.32. The van der Waals surface area contributed by atoms with E-state index in [0.29, 0.717) is 22.8 Å². The van der Waals surface area contributed by atoms with Crippen LogP contribution in [0.5, 0.6) is 11.5 Å². The number of sulfonamides is 1. The lowest BCUT2D eigenvalue weighted by atomic mass is 10.1. The highest BCUT2D eigenvalue weighted by molar-refractivity contribution is 7.92. The van der Waals surface area contributed by atoms with Crippen LogP contribution in [0.25, 0.3) is 0 Å². The molecule has 0 aromatic heterocycles. The van der Waals surface area contributed by atoms with Crippen molar-refractivity contribution < 1.29 is 27.5 Å². The average molecular weight is 616 g/mol. The van der Waals surface area contributed by atoms with Crippen molar-refractivity contribution in [3.05, 3.63) is 82.9 Å². The minimum absolute atomic E-state index is 0.00570. The van der Waals surface area contributed by atoms with Gasteiger partial charge in [0, 0.05) is 23.7 Å². The second-order valence-electron chi connectivity index (χ2n) is 9.97. The number of nitrogens with zero attached hydrogens (tertiary/aromatic N) is 2. The molecule has 0 heterocycles. The fourth-order valence-electron chi connectivity index (χ4n) is 4.20. The number of benzene rings is 3. The Hall–Kier alpha value is -3.76. The Kier molecular flexibility index (Phi) is 11.2. The zero-order valence-electron chi connectivity index (χ0n) is 24.8. The van der Waals surface area contributed by atoms with E-state index in [-0.39, 0.29) is 34.8 Å². The predicted molar refractivity (Wildman–Crippen MR) is 165 cm³/mol. The van der Waals surface area contributed by atoms with Gasteiger partial charge in [-0.05, 0) is 63.1 Å². The van der Waals surface area contributed by atoms with Crippen molar-refractivity contribution in [2.24, 2.45) is 0 Å². The number of hydrogen-bond acceptors (Lipinski definition) is 6. The molecule has 3 rings (SSSR count). The monoisotopic (exact) mass is 615 g/mol. The summed E-state index contributed by atoms with van der Waals surface area (Å²) in [4.78, 5) is 28.5. The second kappa shape index (κ2) is 14.4. The molecule has 3 aromatic carbocycles. The maximum Gasteiger partial charge on any atom is 0.264 e. The molecule has 11 heteroatoms. The number of nitrogens with one attached hydrogen (secondary N) is 1. The van der Waals surface area contributed by atoms with Gasteiger partial charge in [-0.2, -0.15) is 0 Å². The molecule has 0 saturated carbocycles. The van der Waals surface area contributed by atoms with Crippen molar-refractivity contribution in [1.82, 2.24) is 10.2 Å². The normalized spacial score (nSPS) is 12.6. The highest BCUT2D eigenvalue weighted by Gasteiger charge is 2.33. The van der Waals surface area contributed by atoms with Crippen LogP contribution in [0.4, 0.5) is 5.69 Å². The third-order valence-electron chi connectivity index (χ3n) is 7.01. The molecule has 0 aliphatic carbocycles. The van der Waals surface area contributed by atoms with E-state index < -0.39 is 28.5 Å². The van der Waals surface area contributed by atoms with Crippen LogP contribution in [0.1, 0.15) is 38.3 Å². The van der Waals surface area contributed by atoms with Crippen LogP contribution in [0.3, 0.4) is 0 Å². The van der Waals surface area contributed by atoms with Gasteiger partial charge >= 0.3 is 0 Å². The van der Waals surface area contributed by atoms with E-state index in [1.54, 1.807) is 55.5 Å². The Balaban J connectivity index is 2.07. The number of hydrogen-bond donors (Lipinski definition) is 1. The summed E-state index contributed by atoms with van der Waals surface area (Å²) >= 11 is 6.42. The van der Waals surface area contributed by atoms with Crippen molar-refractivity contribution in [2.75, 3.05) is 25.1 Å². The van der Waals surface area contributed by atoms with Crippen molar-refractivity contribution >= 4 is 39.1 Å². The summed E-state index contributed by atoms with van der Waals surface area (Å²) in [5.74, 6) is -0.341. The number of amides is 2. The summed E-state index contributed by atoms with van der Waals surface area (Å²) in [5.41, 5.74) is 1.84. The van der Waals surface area contributed by atoms with E-state index in [1.807, 2.05) is 20.8 Å². The molecule has 9 nitrogen and oxygen atoms in total. The van der Waals surface area contributed by atoms with E-state index in [2.05, 4.69) is 5.32 Å². The minimum atomic E-state index is -4.28. The van der Waals surface area contributed by atoms with Gasteiger partial charge in [-0.1, -0.05) is 54.4 Å². The average Bonchev–Trinajstić information content (AvgIpc) is 2.98. The Morgan fingerprint density at radius 1 is 0.952 bits per heavy atom. The van der Waals surface area contributed by atoms with Gasteiger partial charge in [-0.3, -0.25) is 13.9 Å². The van der Waals surface area contributed by atoms with Crippen molar-refractivity contribution in [2.45, 2.75) is 57.6 Å². The Morgan fingerprint density at radius 3 is 2.19 bits per heavy atom. The molecule has 0 saturated heterocycles. The van der Waals surface area contributed by atoms with E-state index in [4.69, 9.17) is 21.1 Å². The first-order valence-corrected chi connectivity index (χ1v) is 15.4. The fourth-order valence-corrected chi connectivity index (χ4v) is 5.83. The van der Waals surface area contributed by atoms with Gasteiger partial charge in [0.2, 0.25) is 11.8 Å². The summed E-state index contributed by atoms with van der Waals surface area (Å²) in [6, 6.07) is 17.0. The number of carbonyl (C=O) groups is 2. The summed E-state index contributed by atoms with van der Waals surface area (Å²) in [5, 5.41) is 3.34. The maximum atomic E-state index is 14.1. The van der Waals surface area contributed by atoms with Gasteiger partial charge < -0.3 is 19.7 Å². The topological polar surface area (TPSA) is 105 Å². The SMILES string of the molecule is CC[C@@H](C)NC(=O)[C@H](C)N(Cc1ccccc1Cl)C(=O)CN(c1ccc(C)cc1)S(=O)(=O)c1ccc(OC)c(OC)c1. The van der Waals surface area contributed by atoms with Crippen molar-refractivity contribution in [1.29, 1.82) is 0 Å². The third-order valence-corrected chi connectivity index (χ3v) is 9.15. The Bertz CT molecular complexity index is 1500. The van der Waals surface area contributed by atoms with Crippen LogP contribution in [-0.4, -0.2) is 58.0 Å². The number of ether oxygens (including phenoxy) is 2. The van der Waals surface area contributed by atoms with Crippen LogP contribution in [-0.2, 0) is 26.2 Å². The lowest BCUT2D eigenvalue weighted by molar-refractivity contribution is -0.139. The Labute approximate surface area is 253 Å². The zero-order valence-corrected chi connectivity index (χ0v) is 26.3. The molecule has 0 radical (unpaired) electrons. The molecule has 0 unspecified atom stereocenters. The standard InChI is InChI=1S/C31H38ClN3O6S/c1-7-22(3)33-31(37)23(4)34(19-24-10-8-9-11-27(24)32)30(36)20-35(25-14-12-21(2)13-15-25)42(38,39)26-16-17-28(40-5)29(18-26)41-6/h8-18,22-23H,7,19-20H2,1-6H3,(H,33,37)/t22-,23+/m1/s1. The predicted octanol–water partition coefficient (Wildman–Crippen LogP) is 5.19. The molecular formula is C31H38ClN3O6S. The van der Waals surface area contributed by atoms with E-state index >= 15 is 0 Å². The highest BCUT2D eigenvalue weighted by Crippen LogP contribution is 2.32. The quantitative estimate of drug-likeness (QED) is 0.284. The number of carbonyl (C=O) groups excluding carboxylic acids is 2. The summed E-state index contributed by atoms with van der Waals surface area (Å²) in [7, 11) is -1.41. The fraction of sp³-hybridized carbons (Fsp3) is 0.355. The van der Waals surface area contributed by atoms with Crippen LogP contribution in [0.15, 0.2) is 71.6 Å². The molecule has 0 spiro atoms. The molecule has 0 fully saturated rings. The molecule has 3 aromatic rings. The summed E-state index contributed by atoms with van der Waals surface area (Å²) in [6.07, 6.45) is 0.710. The third kappa shape index (κ3) is 7.74. The van der Waals surface area contributed by atoms with Gasteiger partial charge in [0.05, 0.1) is 24.8 Å². The molecule has 2 atom stereocenters. The van der Waals surface area contributed by atoms with Crippen LogP contribution >= 0.6 is 11.6 Å². The molecule has 1 N–H and O–H groups in total. The van der Waals surface area contributed by atoms with Gasteiger partial charge in [0.1, 0.15) is 12.6 Å². The van der Waals surface area contributed by atoms with E-state index in [0.717, 1.165) is 9.87 Å². The smallest absolute Gasteiger partial charge is 0.264 e. The van der Waals surface area contributed by atoms with Crippen LogP contribution in [0, 0.1) is 6.92 Å². The highest BCUT2D eigenvalue weighted by atomic mass is 35.5.